The molecular weight excluding hydrogens is 326 g/mol. The topological polar surface area (TPSA) is 56.0 Å². The van der Waals surface area contributed by atoms with Crippen LogP contribution in [0.1, 0.15) is 44.9 Å². The van der Waals surface area contributed by atoms with E-state index in [1.165, 1.54) is 38.6 Å². The minimum atomic E-state index is -0.0226. The molecule has 1 aliphatic heterocycles. The Kier molecular flexibility index (Phi) is 5.48. The van der Waals surface area contributed by atoms with Crippen molar-refractivity contribution in [2.24, 2.45) is 11.8 Å². The molecule has 2 aromatic rings. The van der Waals surface area contributed by atoms with Gasteiger partial charge >= 0.3 is 0 Å². The van der Waals surface area contributed by atoms with Crippen LogP contribution < -0.4 is 5.56 Å². The lowest BCUT2D eigenvalue weighted by Crippen LogP contribution is -2.39. The second kappa shape index (κ2) is 8.16. The third-order valence-corrected chi connectivity index (χ3v) is 5.97. The average Bonchev–Trinajstić information content (AvgIpc) is 3.21. The van der Waals surface area contributed by atoms with Crippen molar-refractivity contribution in [1.82, 2.24) is 24.5 Å². The number of aromatic nitrogens is 4. The van der Waals surface area contributed by atoms with Gasteiger partial charge in [-0.2, -0.15) is 5.10 Å². The van der Waals surface area contributed by atoms with Crippen LogP contribution in [0.3, 0.4) is 0 Å². The molecule has 26 heavy (non-hydrogen) atoms. The lowest BCUT2D eigenvalue weighted by molar-refractivity contribution is 0.137. The van der Waals surface area contributed by atoms with E-state index in [2.05, 4.69) is 15.1 Å². The molecule has 0 unspecified atom stereocenters. The maximum Gasteiger partial charge on any atom is 0.266 e. The first kappa shape index (κ1) is 17.5. The Morgan fingerprint density at radius 2 is 1.73 bits per heavy atom. The molecule has 0 bridgehead atoms. The van der Waals surface area contributed by atoms with E-state index < -0.39 is 0 Å². The summed E-state index contributed by atoms with van der Waals surface area (Å²) < 4.78 is 3.32. The number of rotatable bonds is 5. The molecule has 0 radical (unpaired) electrons. The second-order valence-corrected chi connectivity index (χ2v) is 7.91. The number of piperidine rings is 1. The third-order valence-electron chi connectivity index (χ3n) is 5.97. The minimum Gasteiger partial charge on any atom is -0.303 e. The quantitative estimate of drug-likeness (QED) is 0.827. The van der Waals surface area contributed by atoms with Crippen molar-refractivity contribution in [1.29, 1.82) is 0 Å². The summed E-state index contributed by atoms with van der Waals surface area (Å²) in [5.41, 5.74) is -0.0226. The molecule has 2 aromatic heterocycles. The van der Waals surface area contributed by atoms with E-state index in [9.17, 15) is 4.79 Å². The first-order valence-electron chi connectivity index (χ1n) is 10.1. The molecule has 3 heterocycles. The lowest BCUT2D eigenvalue weighted by Gasteiger charge is -2.35. The summed E-state index contributed by atoms with van der Waals surface area (Å²) in [6, 6.07) is 5.19. The summed E-state index contributed by atoms with van der Waals surface area (Å²) in [6.07, 6.45) is 13.0. The van der Waals surface area contributed by atoms with Crippen LogP contribution in [0.5, 0.6) is 0 Å². The van der Waals surface area contributed by atoms with Gasteiger partial charge in [0.2, 0.25) is 0 Å². The van der Waals surface area contributed by atoms with Crippen molar-refractivity contribution in [2.75, 3.05) is 19.6 Å². The van der Waals surface area contributed by atoms with Crippen LogP contribution in [-0.4, -0.2) is 44.1 Å². The number of nitrogens with zero attached hydrogens (tertiary/aromatic N) is 5. The van der Waals surface area contributed by atoms with E-state index in [0.717, 1.165) is 31.8 Å². The third kappa shape index (κ3) is 4.23. The van der Waals surface area contributed by atoms with Crippen LogP contribution >= 0.6 is 0 Å². The summed E-state index contributed by atoms with van der Waals surface area (Å²) in [5, 5.41) is 8.71. The first-order valence-corrected chi connectivity index (χ1v) is 10.1. The van der Waals surface area contributed by atoms with Gasteiger partial charge in [-0.15, -0.1) is 5.10 Å². The molecule has 0 atom stereocenters. The van der Waals surface area contributed by atoms with E-state index in [-0.39, 0.29) is 5.56 Å². The second-order valence-electron chi connectivity index (χ2n) is 7.91. The van der Waals surface area contributed by atoms with E-state index in [0.29, 0.717) is 18.3 Å². The van der Waals surface area contributed by atoms with Crippen LogP contribution in [0, 0.1) is 11.8 Å². The van der Waals surface area contributed by atoms with Crippen LogP contribution in [-0.2, 0) is 6.54 Å². The molecule has 4 rings (SSSR count). The molecule has 2 aliphatic rings. The highest BCUT2D eigenvalue weighted by atomic mass is 16.1. The van der Waals surface area contributed by atoms with Gasteiger partial charge in [0.25, 0.3) is 5.56 Å². The van der Waals surface area contributed by atoms with Gasteiger partial charge in [0, 0.05) is 31.5 Å². The highest BCUT2D eigenvalue weighted by Crippen LogP contribution is 2.26. The van der Waals surface area contributed by atoms with Gasteiger partial charge in [0.05, 0.1) is 0 Å². The molecule has 0 amide bonds. The van der Waals surface area contributed by atoms with Crippen molar-refractivity contribution in [3.63, 3.8) is 0 Å². The normalized spacial score (nSPS) is 20.5. The fraction of sp³-hybridized carbons (Fsp3) is 0.650. The Morgan fingerprint density at radius 3 is 2.46 bits per heavy atom. The highest BCUT2D eigenvalue weighted by Gasteiger charge is 2.23. The van der Waals surface area contributed by atoms with Crippen molar-refractivity contribution in [2.45, 2.75) is 51.5 Å². The molecule has 2 fully saturated rings. The number of hydrogen-bond donors (Lipinski definition) is 0. The minimum absolute atomic E-state index is 0.0226. The highest BCUT2D eigenvalue weighted by molar-refractivity contribution is 5.17. The number of likely N-dealkylation sites (tertiary alicyclic amines) is 1. The monoisotopic (exact) mass is 355 g/mol. The van der Waals surface area contributed by atoms with E-state index in [1.807, 2.05) is 12.3 Å². The van der Waals surface area contributed by atoms with E-state index in [1.54, 1.807) is 27.7 Å². The summed E-state index contributed by atoms with van der Waals surface area (Å²) in [6.45, 7) is 4.31. The molecular formula is C20H29N5O. The smallest absolute Gasteiger partial charge is 0.266 e. The van der Waals surface area contributed by atoms with Gasteiger partial charge in [-0.25, -0.2) is 9.36 Å². The summed E-state index contributed by atoms with van der Waals surface area (Å²) in [7, 11) is 0. The predicted molar refractivity (Wildman–Crippen MR) is 101 cm³/mol. The van der Waals surface area contributed by atoms with Crippen LogP contribution in [0.2, 0.25) is 0 Å². The van der Waals surface area contributed by atoms with Gasteiger partial charge in [-0.3, -0.25) is 4.79 Å². The first-order chi connectivity index (χ1) is 12.8. The Labute approximate surface area is 154 Å². The Morgan fingerprint density at radius 1 is 0.962 bits per heavy atom. The molecule has 0 N–H and O–H groups in total. The Balaban J connectivity index is 1.33. The van der Waals surface area contributed by atoms with Gasteiger partial charge in [0.1, 0.15) is 0 Å². The van der Waals surface area contributed by atoms with E-state index in [4.69, 9.17) is 0 Å². The van der Waals surface area contributed by atoms with Crippen LogP contribution in [0.25, 0.3) is 5.82 Å². The number of hydrogen-bond acceptors (Lipinski definition) is 4. The van der Waals surface area contributed by atoms with E-state index >= 15 is 0 Å². The molecule has 1 saturated carbocycles. The maximum absolute atomic E-state index is 12.2. The van der Waals surface area contributed by atoms with Crippen molar-refractivity contribution in [3.8, 4) is 5.82 Å². The predicted octanol–water partition coefficient (Wildman–Crippen LogP) is 2.72. The molecule has 0 spiro atoms. The van der Waals surface area contributed by atoms with Crippen LogP contribution in [0.15, 0.2) is 35.4 Å². The standard InChI is InChI=1S/C20H29N5O/c26-20-8-7-19(24-12-4-11-21-24)22-25(20)16-18-9-13-23(14-10-18)15-17-5-2-1-3-6-17/h4,7-8,11-12,17-18H,1-3,5-6,9-10,13-16H2. The van der Waals surface area contributed by atoms with Crippen molar-refractivity contribution in [3.05, 3.63) is 40.9 Å². The van der Waals surface area contributed by atoms with Crippen LogP contribution in [0.4, 0.5) is 0 Å². The summed E-state index contributed by atoms with van der Waals surface area (Å²) in [4.78, 5) is 14.8. The van der Waals surface area contributed by atoms with Gasteiger partial charge in [-0.05, 0) is 62.7 Å². The molecule has 1 aliphatic carbocycles. The maximum atomic E-state index is 12.2. The molecule has 0 aromatic carbocycles. The fourth-order valence-electron chi connectivity index (χ4n) is 4.43. The zero-order valence-corrected chi connectivity index (χ0v) is 15.5. The molecule has 6 nitrogen and oxygen atoms in total. The van der Waals surface area contributed by atoms with Crippen molar-refractivity contribution < 1.29 is 0 Å². The summed E-state index contributed by atoms with van der Waals surface area (Å²) in [5.74, 6) is 2.15. The fourth-order valence-corrected chi connectivity index (χ4v) is 4.43. The van der Waals surface area contributed by atoms with Gasteiger partial charge in [-0.1, -0.05) is 19.3 Å². The van der Waals surface area contributed by atoms with Gasteiger partial charge in [0.15, 0.2) is 5.82 Å². The molecule has 1 saturated heterocycles. The Bertz CT molecular complexity index is 740. The zero-order valence-electron chi connectivity index (χ0n) is 15.5. The molecule has 140 valence electrons. The summed E-state index contributed by atoms with van der Waals surface area (Å²) >= 11 is 0. The Hall–Kier alpha value is -1.95. The SMILES string of the molecule is O=c1ccc(-n2cccn2)nn1CC1CCN(CC2CCCCC2)CC1. The largest absolute Gasteiger partial charge is 0.303 e. The van der Waals surface area contributed by atoms with Gasteiger partial charge < -0.3 is 4.90 Å². The molecule has 6 heteroatoms. The zero-order chi connectivity index (χ0) is 17.8. The average molecular weight is 355 g/mol. The van der Waals surface area contributed by atoms with Crippen molar-refractivity contribution >= 4 is 0 Å². The lowest BCUT2D eigenvalue weighted by atomic mass is 9.88.